The molecule has 1 aromatic carbocycles. The second kappa shape index (κ2) is 56.9. The molecule has 2 atom stereocenters. The Labute approximate surface area is 359 Å². The van der Waals surface area contributed by atoms with Gasteiger partial charge in [-0.1, -0.05) is 37.1 Å². The number of carbonyl (C=O) groups excluding carboxylic acids is 6. The van der Waals surface area contributed by atoms with Gasteiger partial charge in [-0.2, -0.15) is 0 Å². The molecule has 23 nitrogen and oxygen atoms in total. The molecule has 326 valence electrons. The van der Waals surface area contributed by atoms with Crippen LogP contribution >= 0.6 is 0 Å². The molecule has 0 saturated carbocycles. The average Bonchev–Trinajstić information content (AvgIpc) is 3.90. The maximum atomic E-state index is 10.8. The number of primary amides is 2. The zero-order valence-electron chi connectivity index (χ0n) is 32.3. The van der Waals surface area contributed by atoms with Gasteiger partial charge in [-0.15, -0.1) is 0 Å². The van der Waals surface area contributed by atoms with E-state index in [1.54, 1.807) is 24.3 Å². The van der Waals surface area contributed by atoms with E-state index in [-0.39, 0.29) is 68.8 Å². The Morgan fingerprint density at radius 3 is 1.33 bits per heavy atom. The molecule has 1 aromatic rings. The molecule has 11 N–H and O–H groups in total. The monoisotopic (exact) mass is 864 g/mol. The fourth-order valence-corrected chi connectivity index (χ4v) is 2.66. The van der Waals surface area contributed by atoms with Gasteiger partial charge in [-0.3, -0.25) is 9.59 Å². The number of urea groups is 1. The summed E-state index contributed by atoms with van der Waals surface area (Å²) >= 11 is -2.86. The van der Waals surface area contributed by atoms with Crippen molar-refractivity contribution in [1.82, 2.24) is 0 Å². The number of cyclic esters (lactones) is 2. The first-order chi connectivity index (χ1) is 27.0. The number of fused-ring (bicyclic) bond motifs is 1. The number of carbonyl (C=O) groups is 6. The van der Waals surface area contributed by atoms with Crippen molar-refractivity contribution in [3.8, 4) is 0 Å². The number of amides is 2. The summed E-state index contributed by atoms with van der Waals surface area (Å²) in [6.07, 6.45) is 11.4. The largest absolute Gasteiger partial charge is 1.00 e. The number of aliphatic hydroxyl groups excluding tert-OH is 4. The predicted octanol–water partition coefficient (Wildman–Crippen LogP) is -2.98. The molecule has 0 spiro atoms. The van der Waals surface area contributed by atoms with E-state index in [4.69, 9.17) is 58.3 Å². The van der Waals surface area contributed by atoms with Gasteiger partial charge in [0.1, 0.15) is 6.79 Å². The predicted molar refractivity (Wildman–Crippen MR) is 200 cm³/mol. The number of carboxylic acid groups (broad SMARTS) is 2. The molecule has 0 bridgehead atoms. The third-order valence-corrected chi connectivity index (χ3v) is 4.98. The van der Waals surface area contributed by atoms with Crippen molar-refractivity contribution in [2.45, 2.75) is 64.4 Å². The zero-order valence-corrected chi connectivity index (χ0v) is 35.2. The first kappa shape index (κ1) is 68.3. The first-order valence-electron chi connectivity index (χ1n) is 16.2. The molecule has 0 aromatic heterocycles. The number of isocyanates is 2. The zero-order chi connectivity index (χ0) is 45.3. The quantitative estimate of drug-likeness (QED) is 0.00977. The summed E-state index contributed by atoms with van der Waals surface area (Å²) in [4.78, 5) is 84.5. The number of carboxylic acids is 2. The molecule has 1 saturated heterocycles. The van der Waals surface area contributed by atoms with Crippen molar-refractivity contribution in [2.24, 2.45) is 21.5 Å². The Balaban J connectivity index is -0.000000106. The van der Waals surface area contributed by atoms with Gasteiger partial charge in [0.05, 0.1) is 74.7 Å². The molecule has 0 aliphatic carbocycles. The molecule has 0 radical (unpaired) electrons. The molecule has 2 heterocycles. The molecule has 25 heteroatoms. The fraction of sp³-hybridized carbons (Fsp3) is 0.515. The summed E-state index contributed by atoms with van der Waals surface area (Å²) in [5, 5.41) is 47.5. The number of aliphatic carboxylic acids is 2. The van der Waals surface area contributed by atoms with Crippen LogP contribution in [0.4, 0.5) is 4.79 Å². The van der Waals surface area contributed by atoms with Gasteiger partial charge < -0.3 is 65.5 Å². The Hall–Kier alpha value is -4.39. The minimum absolute atomic E-state index is 0. The SMILES string of the molecule is C=O.CC1CO1.NC(N)=O.O=C(O)CCCCC(=O)O.O=C1OC(=O)c2ccccc21.O=C=NCCCCCCN=C=O.O=S([O-])O.OC/C=C/CO.OCCO.[Na+]. The minimum Gasteiger partial charge on any atom is -0.750 e. The van der Waals surface area contributed by atoms with Crippen LogP contribution in [0.3, 0.4) is 0 Å². The van der Waals surface area contributed by atoms with Gasteiger partial charge in [-0.25, -0.2) is 38.2 Å². The van der Waals surface area contributed by atoms with E-state index < -0.39 is 41.3 Å². The van der Waals surface area contributed by atoms with Gasteiger partial charge >= 0.3 is 59.5 Å². The van der Waals surface area contributed by atoms with E-state index in [1.807, 2.05) is 6.79 Å². The van der Waals surface area contributed by atoms with Crippen molar-refractivity contribution in [3.05, 3.63) is 47.5 Å². The van der Waals surface area contributed by atoms with Crippen molar-refractivity contribution in [1.29, 1.82) is 0 Å². The average molecular weight is 865 g/mol. The second-order valence-electron chi connectivity index (χ2n) is 9.62. The molecule has 2 aliphatic heterocycles. The summed E-state index contributed by atoms with van der Waals surface area (Å²) in [5.41, 5.74) is 9.22. The number of benzene rings is 1. The van der Waals surface area contributed by atoms with Crippen LogP contribution < -0.4 is 41.0 Å². The number of nitrogens with zero attached hydrogens (tertiary/aromatic N) is 2. The number of epoxide rings is 1. The van der Waals surface area contributed by atoms with Crippen LogP contribution in [0.5, 0.6) is 0 Å². The fourth-order valence-electron chi connectivity index (χ4n) is 2.66. The number of nitrogens with two attached hydrogens (primary N) is 2. The van der Waals surface area contributed by atoms with Gasteiger partial charge in [0.25, 0.3) is 0 Å². The van der Waals surface area contributed by atoms with Crippen LogP contribution in [0.15, 0.2) is 46.4 Å². The Morgan fingerprint density at radius 1 is 0.828 bits per heavy atom. The Bertz CT molecular complexity index is 1240. The van der Waals surface area contributed by atoms with Crippen molar-refractivity contribution in [3.63, 3.8) is 0 Å². The summed E-state index contributed by atoms with van der Waals surface area (Å²) in [6, 6.07) is 5.70. The van der Waals surface area contributed by atoms with E-state index in [9.17, 15) is 28.8 Å². The van der Waals surface area contributed by atoms with Crippen LogP contribution in [0.1, 0.15) is 79.0 Å². The molecule has 2 unspecified atom stereocenters. The number of aliphatic hydroxyl groups is 4. The molecular weight excluding hydrogens is 811 g/mol. The van der Waals surface area contributed by atoms with Crippen LogP contribution in [0.25, 0.3) is 0 Å². The Morgan fingerprint density at radius 2 is 1.12 bits per heavy atom. The molecular formula is C33H53N4NaO19S. The van der Waals surface area contributed by atoms with Gasteiger partial charge in [0.2, 0.25) is 12.2 Å². The van der Waals surface area contributed by atoms with Crippen LogP contribution in [-0.4, -0.2) is 145 Å². The standard InChI is InChI=1S/C8H12N2O2.C8H4O3.C6H10O4.C4H8O2.C3H6O.C2H6O2.CH4N2O.CH2O.Na.H2O3S/c11-7-9-5-3-1-2-4-6-10-8-12;9-7-5-3-1-2-4-6(5)8(10)11-7;7-5(8)3-1-2-4-6(9)10;5-3-1-2-4-6;1-3-2-4-3;3-1-2-4;2-1(3)4;1-2;;1-4(2)3/h1-6H2;1-4H;1-4H2,(H,7,8)(H,9,10);1-2,5-6H,3-4H2;3H,2H2,1H3;3-4H,1-2H2;(H4,2,3,4);1H2;;(H2,1,2,3)/q;;;;;;;;+1;/p-1/b;;;2-1+;;;;;;. The summed E-state index contributed by atoms with van der Waals surface area (Å²) in [6.45, 7) is 5.93. The van der Waals surface area contributed by atoms with E-state index >= 15 is 0 Å². The van der Waals surface area contributed by atoms with E-state index in [1.165, 1.54) is 24.3 Å². The molecule has 2 aliphatic rings. The van der Waals surface area contributed by atoms with Crippen molar-refractivity contribution < 1.29 is 121 Å². The maximum absolute atomic E-state index is 10.8. The van der Waals surface area contributed by atoms with E-state index in [2.05, 4.69) is 33.1 Å². The third kappa shape index (κ3) is 76.4. The first-order valence-corrected chi connectivity index (χ1v) is 17.2. The normalized spacial score (nSPS) is 11.9. The molecule has 1 fully saturated rings. The Kier molecular flexibility index (Phi) is 67.0. The number of rotatable bonds is 15. The summed E-state index contributed by atoms with van der Waals surface area (Å²) in [7, 11) is 0. The maximum Gasteiger partial charge on any atom is 1.00 e. The number of ether oxygens (including phenoxy) is 2. The summed E-state index contributed by atoms with van der Waals surface area (Å²) < 4.78 is 33.1. The summed E-state index contributed by atoms with van der Waals surface area (Å²) in [5.74, 6) is -2.84. The second-order valence-corrected chi connectivity index (χ2v) is 10.1. The van der Waals surface area contributed by atoms with Gasteiger partial charge in [-0.05, 0) is 44.7 Å². The number of hydrogen-bond donors (Lipinski definition) is 9. The topological polar surface area (TPSA) is 417 Å². The van der Waals surface area contributed by atoms with Gasteiger partial charge in [0.15, 0.2) is 0 Å². The smallest absolute Gasteiger partial charge is 0.750 e. The molecule has 2 amide bonds. The van der Waals surface area contributed by atoms with Crippen LogP contribution in [-0.2, 0) is 44.8 Å². The van der Waals surface area contributed by atoms with Crippen molar-refractivity contribution in [2.75, 3.05) is 46.1 Å². The molecule has 3 rings (SSSR count). The van der Waals surface area contributed by atoms with E-state index in [0.29, 0.717) is 43.2 Å². The number of hydrogen-bond acceptors (Lipinski definition) is 18. The number of aliphatic imine (C=N–C) groups is 2. The van der Waals surface area contributed by atoms with Gasteiger partial charge in [0, 0.05) is 12.8 Å². The number of unbranched alkanes of at least 4 members (excludes halogenated alkanes) is 4. The van der Waals surface area contributed by atoms with Crippen LogP contribution in [0.2, 0.25) is 0 Å². The van der Waals surface area contributed by atoms with Crippen LogP contribution in [0, 0.1) is 0 Å². The minimum atomic E-state index is -2.86. The molecule has 58 heavy (non-hydrogen) atoms. The van der Waals surface area contributed by atoms with Crippen molar-refractivity contribution >= 4 is 60.2 Å². The third-order valence-electron chi connectivity index (χ3n) is 4.98. The number of esters is 2. The van der Waals surface area contributed by atoms with E-state index in [0.717, 1.165) is 32.3 Å².